The highest BCUT2D eigenvalue weighted by Gasteiger charge is 2.17. The van der Waals surface area contributed by atoms with Gasteiger partial charge in [0, 0.05) is 20.2 Å². The van der Waals surface area contributed by atoms with Gasteiger partial charge in [-0.3, -0.25) is 9.36 Å². The highest BCUT2D eigenvalue weighted by Crippen LogP contribution is 2.41. The van der Waals surface area contributed by atoms with Crippen molar-refractivity contribution < 1.29 is 13.9 Å². The Morgan fingerprint density at radius 3 is 2.45 bits per heavy atom. The van der Waals surface area contributed by atoms with E-state index in [2.05, 4.69) is 4.52 Å². The van der Waals surface area contributed by atoms with Gasteiger partial charge in [0.25, 0.3) is 0 Å². The molecule has 0 saturated heterocycles. The maximum absolute atomic E-state index is 11.2. The van der Waals surface area contributed by atoms with Crippen LogP contribution >= 0.6 is 7.37 Å². The van der Waals surface area contributed by atoms with Crippen LogP contribution in [-0.2, 0) is 13.9 Å². The Bertz CT molecular complexity index is 177. The molecule has 0 N–H and O–H groups in total. The molecule has 0 heterocycles. The number of ketones is 1. The molecule has 0 aliphatic carbocycles. The lowest BCUT2D eigenvalue weighted by Gasteiger charge is -2.08. The van der Waals surface area contributed by atoms with E-state index in [4.69, 9.17) is 0 Å². The molecular weight excluding hydrogens is 163 g/mol. The Balaban J connectivity index is 3.84. The van der Waals surface area contributed by atoms with Gasteiger partial charge in [-0.05, 0) is 6.42 Å². The molecule has 3 nitrogen and oxygen atoms in total. The third kappa shape index (κ3) is 5.16. The van der Waals surface area contributed by atoms with E-state index >= 15 is 0 Å². The quantitative estimate of drug-likeness (QED) is 0.604. The number of hydrogen-bond donors (Lipinski definition) is 0. The summed E-state index contributed by atoms with van der Waals surface area (Å²) in [5.41, 5.74) is 0. The summed E-state index contributed by atoms with van der Waals surface area (Å²) in [7, 11) is -1.23. The van der Waals surface area contributed by atoms with Crippen molar-refractivity contribution in [2.24, 2.45) is 0 Å². The zero-order chi connectivity index (χ0) is 8.91. The number of hydrogen-bond acceptors (Lipinski definition) is 3. The first kappa shape index (κ1) is 10.9. The normalized spacial score (nSPS) is 15.9. The number of carbonyl (C=O) groups excluding carboxylic acids is 1. The van der Waals surface area contributed by atoms with E-state index < -0.39 is 7.37 Å². The molecule has 0 aliphatic heterocycles. The van der Waals surface area contributed by atoms with Gasteiger partial charge in [-0.25, -0.2) is 0 Å². The minimum atomic E-state index is -2.61. The second kappa shape index (κ2) is 4.68. The molecule has 0 aromatic heterocycles. The van der Waals surface area contributed by atoms with E-state index in [1.54, 1.807) is 0 Å². The molecule has 4 heteroatoms. The topological polar surface area (TPSA) is 43.4 Å². The van der Waals surface area contributed by atoms with Crippen molar-refractivity contribution in [2.75, 3.05) is 19.9 Å². The van der Waals surface area contributed by atoms with Gasteiger partial charge in [-0.2, -0.15) is 0 Å². The van der Waals surface area contributed by atoms with Crippen LogP contribution in [0.3, 0.4) is 0 Å². The summed E-state index contributed by atoms with van der Waals surface area (Å²) in [5, 5.41) is 0. The average molecular weight is 178 g/mol. The summed E-state index contributed by atoms with van der Waals surface area (Å²) in [6.07, 6.45) is 1.39. The van der Waals surface area contributed by atoms with Crippen molar-refractivity contribution in [1.29, 1.82) is 0 Å². The second-order valence-electron chi connectivity index (χ2n) is 2.64. The summed E-state index contributed by atoms with van der Waals surface area (Å²) in [6.45, 7) is 3.41. The lowest BCUT2D eigenvalue weighted by molar-refractivity contribution is -0.116. The molecule has 0 radical (unpaired) electrons. The highest BCUT2D eigenvalue weighted by molar-refractivity contribution is 7.59. The molecule has 0 saturated carbocycles. The fourth-order valence-electron chi connectivity index (χ4n) is 0.743. The Hall–Kier alpha value is -0.140. The standard InChI is InChI=1S/C7H15O3P/c1-4-5-7(8)6-11(3,9)10-2/h4-6H2,1-3H3. The summed E-state index contributed by atoms with van der Waals surface area (Å²) in [4.78, 5) is 11.0. The van der Waals surface area contributed by atoms with Crippen LogP contribution in [0, 0.1) is 0 Å². The highest BCUT2D eigenvalue weighted by atomic mass is 31.2. The van der Waals surface area contributed by atoms with Crippen molar-refractivity contribution in [3.05, 3.63) is 0 Å². The van der Waals surface area contributed by atoms with E-state index in [0.717, 1.165) is 6.42 Å². The van der Waals surface area contributed by atoms with E-state index in [1.807, 2.05) is 6.92 Å². The summed E-state index contributed by atoms with van der Waals surface area (Å²) < 4.78 is 15.9. The summed E-state index contributed by atoms with van der Waals surface area (Å²) in [5.74, 6) is 0.0279. The predicted octanol–water partition coefficient (Wildman–Crippen LogP) is 1.91. The van der Waals surface area contributed by atoms with Gasteiger partial charge >= 0.3 is 0 Å². The van der Waals surface area contributed by atoms with E-state index in [0.29, 0.717) is 6.42 Å². The van der Waals surface area contributed by atoms with Crippen LogP contribution in [0.25, 0.3) is 0 Å². The minimum absolute atomic E-state index is 0.0279. The van der Waals surface area contributed by atoms with Crippen molar-refractivity contribution in [3.8, 4) is 0 Å². The molecule has 66 valence electrons. The first-order valence-corrected chi connectivity index (χ1v) is 5.91. The molecule has 0 aliphatic rings. The van der Waals surface area contributed by atoms with Crippen LogP contribution in [0.15, 0.2) is 0 Å². The Labute approximate surface area is 67.6 Å². The molecule has 0 amide bonds. The first-order valence-electron chi connectivity index (χ1n) is 3.66. The van der Waals surface area contributed by atoms with E-state index in [1.165, 1.54) is 13.8 Å². The molecular formula is C7H15O3P. The fraction of sp³-hybridized carbons (Fsp3) is 0.857. The van der Waals surface area contributed by atoms with Crippen LogP contribution in [0.4, 0.5) is 0 Å². The molecule has 0 spiro atoms. The van der Waals surface area contributed by atoms with Crippen LogP contribution < -0.4 is 0 Å². The molecule has 1 atom stereocenters. The van der Waals surface area contributed by atoms with Crippen LogP contribution in [-0.4, -0.2) is 25.7 Å². The van der Waals surface area contributed by atoms with Gasteiger partial charge in [0.2, 0.25) is 7.37 Å². The summed E-state index contributed by atoms with van der Waals surface area (Å²) >= 11 is 0. The van der Waals surface area contributed by atoms with Crippen LogP contribution in [0.2, 0.25) is 0 Å². The number of Topliss-reactive ketones (excluding diaryl/α,β-unsaturated/α-hetero) is 1. The largest absolute Gasteiger partial charge is 0.332 e. The average Bonchev–Trinajstić information content (AvgIpc) is 1.87. The molecule has 0 aromatic rings. The molecule has 0 rings (SSSR count). The van der Waals surface area contributed by atoms with Crippen molar-refractivity contribution in [3.63, 3.8) is 0 Å². The van der Waals surface area contributed by atoms with Crippen molar-refractivity contribution >= 4 is 13.2 Å². The smallest absolute Gasteiger partial charge is 0.207 e. The van der Waals surface area contributed by atoms with Gasteiger partial charge in [0.1, 0.15) is 5.78 Å². The molecule has 0 fully saturated rings. The van der Waals surface area contributed by atoms with E-state index in [-0.39, 0.29) is 11.9 Å². The third-order valence-corrected chi connectivity index (χ3v) is 3.08. The molecule has 1 unspecified atom stereocenters. The summed E-state index contributed by atoms with van der Waals surface area (Å²) in [6, 6.07) is 0. The molecule has 11 heavy (non-hydrogen) atoms. The predicted molar refractivity (Wildman–Crippen MR) is 45.3 cm³/mol. The Morgan fingerprint density at radius 2 is 2.09 bits per heavy atom. The van der Waals surface area contributed by atoms with Gasteiger partial charge in [0.05, 0.1) is 6.16 Å². The molecule has 0 bridgehead atoms. The number of rotatable bonds is 5. The van der Waals surface area contributed by atoms with Gasteiger partial charge in [-0.15, -0.1) is 0 Å². The minimum Gasteiger partial charge on any atom is -0.332 e. The second-order valence-corrected chi connectivity index (χ2v) is 5.35. The monoisotopic (exact) mass is 178 g/mol. The zero-order valence-corrected chi connectivity index (χ0v) is 8.19. The third-order valence-electron chi connectivity index (χ3n) is 1.38. The Kier molecular flexibility index (Phi) is 4.62. The lowest BCUT2D eigenvalue weighted by atomic mass is 10.3. The number of carbonyl (C=O) groups is 1. The van der Waals surface area contributed by atoms with Crippen molar-refractivity contribution in [1.82, 2.24) is 0 Å². The lowest BCUT2D eigenvalue weighted by Crippen LogP contribution is -2.04. The molecule has 0 aromatic carbocycles. The van der Waals surface area contributed by atoms with Crippen LogP contribution in [0.1, 0.15) is 19.8 Å². The maximum Gasteiger partial charge on any atom is 0.207 e. The Morgan fingerprint density at radius 1 is 1.55 bits per heavy atom. The SMILES string of the molecule is CCCC(=O)CP(C)(=O)OC. The zero-order valence-electron chi connectivity index (χ0n) is 7.29. The van der Waals surface area contributed by atoms with Gasteiger partial charge < -0.3 is 4.52 Å². The van der Waals surface area contributed by atoms with E-state index in [9.17, 15) is 9.36 Å². The first-order chi connectivity index (χ1) is 5.02. The van der Waals surface area contributed by atoms with Gasteiger partial charge in [0.15, 0.2) is 0 Å². The van der Waals surface area contributed by atoms with Crippen molar-refractivity contribution in [2.45, 2.75) is 19.8 Å². The fourth-order valence-corrected chi connectivity index (χ4v) is 1.67. The van der Waals surface area contributed by atoms with Gasteiger partial charge in [-0.1, -0.05) is 6.92 Å². The maximum atomic E-state index is 11.2. The van der Waals surface area contributed by atoms with Crippen LogP contribution in [0.5, 0.6) is 0 Å².